The predicted octanol–water partition coefficient (Wildman–Crippen LogP) is 1.94. The highest BCUT2D eigenvalue weighted by molar-refractivity contribution is 5.89. The van der Waals surface area contributed by atoms with Crippen molar-refractivity contribution < 1.29 is 0 Å². The standard InChI is InChI=1S/C10H16N2/c1-2-6-11-12-10-5-3-4-8-7-9(8)10/h2,8-9,11H,1,3-7H2/b12-10-/t8-,9+/m0/s1. The summed E-state index contributed by atoms with van der Waals surface area (Å²) >= 11 is 0. The Morgan fingerprint density at radius 2 is 2.58 bits per heavy atom. The van der Waals surface area contributed by atoms with Crippen molar-refractivity contribution in [2.45, 2.75) is 25.7 Å². The Bertz CT molecular complexity index is 208. The molecule has 0 aromatic rings. The molecule has 0 amide bonds. The second kappa shape index (κ2) is 3.30. The van der Waals surface area contributed by atoms with Gasteiger partial charge in [0.15, 0.2) is 0 Å². The summed E-state index contributed by atoms with van der Waals surface area (Å²) in [5, 5.41) is 4.39. The molecule has 0 saturated heterocycles. The zero-order valence-electron chi connectivity index (χ0n) is 7.42. The van der Waals surface area contributed by atoms with Gasteiger partial charge in [-0.3, -0.25) is 0 Å². The fourth-order valence-corrected chi connectivity index (χ4v) is 2.06. The molecule has 0 spiro atoms. The van der Waals surface area contributed by atoms with Gasteiger partial charge in [0.1, 0.15) is 0 Å². The first kappa shape index (κ1) is 7.84. The van der Waals surface area contributed by atoms with Gasteiger partial charge in [-0.2, -0.15) is 5.10 Å². The Kier molecular flexibility index (Phi) is 2.15. The third-order valence-electron chi connectivity index (χ3n) is 2.82. The first-order chi connectivity index (χ1) is 5.92. The number of hydrogen-bond donors (Lipinski definition) is 1. The first-order valence-electron chi connectivity index (χ1n) is 4.82. The molecule has 0 bridgehead atoms. The predicted molar refractivity (Wildman–Crippen MR) is 51.1 cm³/mol. The Morgan fingerprint density at radius 3 is 3.42 bits per heavy atom. The van der Waals surface area contributed by atoms with Crippen LogP contribution in [-0.4, -0.2) is 12.3 Å². The summed E-state index contributed by atoms with van der Waals surface area (Å²) in [7, 11) is 0. The minimum Gasteiger partial charge on any atom is -0.306 e. The van der Waals surface area contributed by atoms with Gasteiger partial charge in [-0.05, 0) is 31.6 Å². The number of hydrazone groups is 1. The largest absolute Gasteiger partial charge is 0.306 e. The van der Waals surface area contributed by atoms with Gasteiger partial charge in [0.05, 0.1) is 6.54 Å². The maximum absolute atomic E-state index is 4.39. The number of fused-ring (bicyclic) bond motifs is 1. The van der Waals surface area contributed by atoms with Crippen LogP contribution in [0.5, 0.6) is 0 Å². The monoisotopic (exact) mass is 164 g/mol. The van der Waals surface area contributed by atoms with Gasteiger partial charge in [-0.1, -0.05) is 6.08 Å². The molecule has 2 rings (SSSR count). The smallest absolute Gasteiger partial charge is 0.0507 e. The number of hydrogen-bond acceptors (Lipinski definition) is 2. The molecular formula is C10H16N2. The summed E-state index contributed by atoms with van der Waals surface area (Å²) < 4.78 is 0. The van der Waals surface area contributed by atoms with Gasteiger partial charge in [-0.25, -0.2) is 0 Å². The molecule has 66 valence electrons. The minimum absolute atomic E-state index is 0.793. The Balaban J connectivity index is 1.85. The zero-order chi connectivity index (χ0) is 8.39. The minimum atomic E-state index is 0.793. The van der Waals surface area contributed by atoms with Crippen molar-refractivity contribution in [1.82, 2.24) is 5.43 Å². The lowest BCUT2D eigenvalue weighted by molar-refractivity contribution is 0.620. The Labute approximate surface area is 73.7 Å². The van der Waals surface area contributed by atoms with Crippen LogP contribution in [0.4, 0.5) is 0 Å². The molecule has 2 aliphatic carbocycles. The van der Waals surface area contributed by atoms with Crippen LogP contribution in [0.1, 0.15) is 25.7 Å². The van der Waals surface area contributed by atoms with Crippen LogP contribution in [0.2, 0.25) is 0 Å². The highest BCUT2D eigenvalue weighted by atomic mass is 15.3. The fraction of sp³-hybridized carbons (Fsp3) is 0.700. The summed E-state index contributed by atoms with van der Waals surface area (Å²) in [4.78, 5) is 0. The van der Waals surface area contributed by atoms with E-state index in [2.05, 4.69) is 17.1 Å². The second-order valence-corrected chi connectivity index (χ2v) is 3.75. The average Bonchev–Trinajstić information content (AvgIpc) is 2.84. The van der Waals surface area contributed by atoms with Crippen molar-refractivity contribution in [2.75, 3.05) is 6.54 Å². The highest BCUT2D eigenvalue weighted by Gasteiger charge is 2.42. The van der Waals surface area contributed by atoms with E-state index in [-0.39, 0.29) is 0 Å². The lowest BCUT2D eigenvalue weighted by Crippen LogP contribution is -2.15. The fourth-order valence-electron chi connectivity index (χ4n) is 2.06. The van der Waals surface area contributed by atoms with Crippen LogP contribution >= 0.6 is 0 Å². The maximum Gasteiger partial charge on any atom is 0.0507 e. The van der Waals surface area contributed by atoms with E-state index in [0.29, 0.717) is 0 Å². The third kappa shape index (κ3) is 1.52. The third-order valence-corrected chi connectivity index (χ3v) is 2.82. The van der Waals surface area contributed by atoms with E-state index in [9.17, 15) is 0 Å². The number of nitrogens with zero attached hydrogens (tertiary/aromatic N) is 1. The molecule has 2 atom stereocenters. The second-order valence-electron chi connectivity index (χ2n) is 3.75. The van der Waals surface area contributed by atoms with Gasteiger partial charge in [-0.15, -0.1) is 6.58 Å². The normalized spacial score (nSPS) is 35.8. The molecule has 12 heavy (non-hydrogen) atoms. The van der Waals surface area contributed by atoms with Crippen molar-refractivity contribution in [3.05, 3.63) is 12.7 Å². The molecule has 2 aliphatic rings. The Morgan fingerprint density at radius 1 is 1.67 bits per heavy atom. The van der Waals surface area contributed by atoms with E-state index in [0.717, 1.165) is 18.4 Å². The number of nitrogens with one attached hydrogen (secondary N) is 1. The van der Waals surface area contributed by atoms with Gasteiger partial charge in [0.2, 0.25) is 0 Å². The van der Waals surface area contributed by atoms with E-state index in [4.69, 9.17) is 0 Å². The van der Waals surface area contributed by atoms with Crippen molar-refractivity contribution in [2.24, 2.45) is 16.9 Å². The maximum atomic E-state index is 4.39. The molecule has 0 unspecified atom stereocenters. The summed E-state index contributed by atoms with van der Waals surface area (Å²) in [6.45, 7) is 4.43. The quantitative estimate of drug-likeness (QED) is 0.385. The van der Waals surface area contributed by atoms with Crippen LogP contribution in [0.25, 0.3) is 0 Å². The number of rotatable bonds is 3. The van der Waals surface area contributed by atoms with Crippen molar-refractivity contribution in [1.29, 1.82) is 0 Å². The molecule has 2 heteroatoms. The van der Waals surface area contributed by atoms with Gasteiger partial charge in [0.25, 0.3) is 0 Å². The van der Waals surface area contributed by atoms with Crippen molar-refractivity contribution in [3.8, 4) is 0 Å². The molecule has 0 radical (unpaired) electrons. The van der Waals surface area contributed by atoms with Crippen LogP contribution in [-0.2, 0) is 0 Å². The topological polar surface area (TPSA) is 24.4 Å². The molecule has 2 nitrogen and oxygen atoms in total. The van der Waals surface area contributed by atoms with Gasteiger partial charge < -0.3 is 5.43 Å². The SMILES string of the molecule is C=CCN/N=C1/CCC[C@H]2C[C@@H]12. The van der Waals surface area contributed by atoms with E-state index in [1.807, 2.05) is 6.08 Å². The van der Waals surface area contributed by atoms with E-state index in [1.165, 1.54) is 31.4 Å². The van der Waals surface area contributed by atoms with Crippen LogP contribution < -0.4 is 5.43 Å². The molecule has 0 aromatic heterocycles. The van der Waals surface area contributed by atoms with Gasteiger partial charge >= 0.3 is 0 Å². The summed E-state index contributed by atoms with van der Waals surface area (Å²) in [5.74, 6) is 1.83. The summed E-state index contributed by atoms with van der Waals surface area (Å²) in [5.41, 5.74) is 4.44. The van der Waals surface area contributed by atoms with Crippen molar-refractivity contribution in [3.63, 3.8) is 0 Å². The van der Waals surface area contributed by atoms with E-state index in [1.54, 1.807) is 0 Å². The molecule has 0 aliphatic heterocycles. The first-order valence-corrected chi connectivity index (χ1v) is 4.82. The summed E-state index contributed by atoms with van der Waals surface area (Å²) in [6.07, 6.45) is 7.23. The molecular weight excluding hydrogens is 148 g/mol. The molecule has 2 fully saturated rings. The molecule has 2 saturated carbocycles. The summed E-state index contributed by atoms with van der Waals surface area (Å²) in [6, 6.07) is 0. The molecule has 1 N–H and O–H groups in total. The van der Waals surface area contributed by atoms with Crippen LogP contribution in [0.3, 0.4) is 0 Å². The lowest BCUT2D eigenvalue weighted by atomic mass is 9.99. The molecule has 0 heterocycles. The lowest BCUT2D eigenvalue weighted by Gasteiger charge is -2.11. The molecule has 0 aromatic carbocycles. The van der Waals surface area contributed by atoms with Crippen LogP contribution in [0.15, 0.2) is 17.8 Å². The Hall–Kier alpha value is -0.790. The van der Waals surface area contributed by atoms with Gasteiger partial charge in [0, 0.05) is 11.6 Å². The van der Waals surface area contributed by atoms with Crippen LogP contribution in [0, 0.1) is 11.8 Å². The van der Waals surface area contributed by atoms with Crippen molar-refractivity contribution >= 4 is 5.71 Å². The zero-order valence-corrected chi connectivity index (χ0v) is 7.42. The van der Waals surface area contributed by atoms with E-state index < -0.39 is 0 Å². The highest BCUT2D eigenvalue weighted by Crippen LogP contribution is 2.47. The average molecular weight is 164 g/mol. The van der Waals surface area contributed by atoms with E-state index >= 15 is 0 Å².